The number of alkyl halides is 2. The highest BCUT2D eigenvalue weighted by Gasteiger charge is 2.43. The Hall–Kier alpha value is -0.220. The predicted molar refractivity (Wildman–Crippen MR) is 58.6 cm³/mol. The second-order valence-electron chi connectivity index (χ2n) is 5.28. The van der Waals surface area contributed by atoms with E-state index in [-0.39, 0.29) is 25.1 Å². The minimum absolute atomic E-state index is 0.0178. The molecule has 2 aliphatic rings. The zero-order valence-corrected chi connectivity index (χ0v) is 9.83. The van der Waals surface area contributed by atoms with Gasteiger partial charge in [-0.25, -0.2) is 8.78 Å². The van der Waals surface area contributed by atoms with Crippen LogP contribution in [0.25, 0.3) is 0 Å². The van der Waals surface area contributed by atoms with Crippen LogP contribution in [0.2, 0.25) is 0 Å². The van der Waals surface area contributed by atoms with E-state index in [1.807, 2.05) is 4.90 Å². The predicted octanol–water partition coefficient (Wildman–Crippen LogP) is 2.27. The maximum Gasteiger partial charge on any atom is 0.261 e. The minimum atomic E-state index is -2.51. The van der Waals surface area contributed by atoms with Crippen molar-refractivity contribution in [3.63, 3.8) is 0 Å². The van der Waals surface area contributed by atoms with Gasteiger partial charge in [-0.2, -0.15) is 0 Å². The Kier molecular flexibility index (Phi) is 3.50. The summed E-state index contributed by atoms with van der Waals surface area (Å²) >= 11 is 0. The Balaban J connectivity index is 2.00. The molecule has 2 fully saturated rings. The van der Waals surface area contributed by atoms with E-state index >= 15 is 0 Å². The average molecular weight is 233 g/mol. The first-order valence-electron chi connectivity index (χ1n) is 6.32. The van der Waals surface area contributed by atoms with Crippen LogP contribution in [0.15, 0.2) is 0 Å². The molecule has 0 aromatic rings. The summed E-state index contributed by atoms with van der Waals surface area (Å²) in [7, 11) is 0. The van der Waals surface area contributed by atoms with Gasteiger partial charge in [0.25, 0.3) is 5.92 Å². The molecule has 4 heteroatoms. The van der Waals surface area contributed by atoms with Crippen LogP contribution < -0.4 is 0 Å². The largest absolute Gasteiger partial charge is 0.393 e. The summed E-state index contributed by atoms with van der Waals surface area (Å²) in [4.78, 5) is 1.90. The molecule has 2 nitrogen and oxygen atoms in total. The average Bonchev–Trinajstić information content (AvgIpc) is 2.59. The van der Waals surface area contributed by atoms with Gasteiger partial charge in [-0.3, -0.25) is 4.90 Å². The quantitative estimate of drug-likeness (QED) is 0.791. The van der Waals surface area contributed by atoms with Crippen LogP contribution in [0.5, 0.6) is 0 Å². The number of aliphatic hydroxyl groups excluding tert-OH is 1. The van der Waals surface area contributed by atoms with Gasteiger partial charge in [-0.05, 0) is 25.2 Å². The number of hydrogen-bond donors (Lipinski definition) is 1. The van der Waals surface area contributed by atoms with Crippen LogP contribution >= 0.6 is 0 Å². The second kappa shape index (κ2) is 4.57. The highest BCUT2D eigenvalue weighted by molar-refractivity contribution is 4.92. The summed E-state index contributed by atoms with van der Waals surface area (Å²) < 4.78 is 26.3. The summed E-state index contributed by atoms with van der Waals surface area (Å²) in [6.45, 7) is 2.49. The molecule has 1 saturated heterocycles. The molecule has 0 aromatic carbocycles. The molecule has 1 aliphatic heterocycles. The molecule has 0 amide bonds. The third kappa shape index (κ3) is 2.54. The normalized spacial score (nSPS) is 40.1. The van der Waals surface area contributed by atoms with Gasteiger partial charge in [0.2, 0.25) is 0 Å². The molecule has 0 bridgehead atoms. The van der Waals surface area contributed by atoms with Crippen LogP contribution in [-0.4, -0.2) is 41.2 Å². The lowest BCUT2D eigenvalue weighted by Gasteiger charge is -2.39. The Morgan fingerprint density at radius 3 is 2.69 bits per heavy atom. The maximum absolute atomic E-state index is 13.2. The Labute approximate surface area is 95.6 Å². The van der Waals surface area contributed by atoms with E-state index in [1.54, 1.807) is 0 Å². The third-order valence-corrected chi connectivity index (χ3v) is 4.12. The molecule has 1 N–H and O–H groups in total. The lowest BCUT2D eigenvalue weighted by atomic mass is 9.80. The van der Waals surface area contributed by atoms with Gasteiger partial charge in [0.1, 0.15) is 0 Å². The summed E-state index contributed by atoms with van der Waals surface area (Å²) in [5.74, 6) is -2.03. The van der Waals surface area contributed by atoms with Gasteiger partial charge in [0, 0.05) is 19.0 Å². The van der Waals surface area contributed by atoms with Crippen molar-refractivity contribution < 1.29 is 13.9 Å². The number of nitrogens with zero attached hydrogens (tertiary/aromatic N) is 1. The molecule has 1 aliphatic carbocycles. The first-order chi connectivity index (χ1) is 7.52. The SMILES string of the molecule is CCC1CCC(O)CC1N1CCC(F)(F)C1. The molecule has 3 atom stereocenters. The lowest BCUT2D eigenvalue weighted by Crippen LogP contribution is -2.45. The number of halogens is 2. The molecule has 1 saturated carbocycles. The number of aliphatic hydroxyl groups is 1. The van der Waals surface area contributed by atoms with E-state index in [4.69, 9.17) is 0 Å². The monoisotopic (exact) mass is 233 g/mol. The molecule has 3 unspecified atom stereocenters. The van der Waals surface area contributed by atoms with Crippen molar-refractivity contribution >= 4 is 0 Å². The van der Waals surface area contributed by atoms with Gasteiger partial charge in [0.05, 0.1) is 12.6 Å². The highest BCUT2D eigenvalue weighted by atomic mass is 19.3. The van der Waals surface area contributed by atoms with Crippen molar-refractivity contribution in [2.45, 2.75) is 57.1 Å². The van der Waals surface area contributed by atoms with Crippen LogP contribution in [0, 0.1) is 5.92 Å². The maximum atomic E-state index is 13.2. The Bertz CT molecular complexity index is 247. The van der Waals surface area contributed by atoms with Gasteiger partial charge in [0.15, 0.2) is 0 Å². The lowest BCUT2D eigenvalue weighted by molar-refractivity contribution is -0.0120. The minimum Gasteiger partial charge on any atom is -0.393 e. The summed E-state index contributed by atoms with van der Waals surface area (Å²) in [6, 6.07) is 0.169. The molecule has 0 radical (unpaired) electrons. The van der Waals surface area contributed by atoms with Crippen LogP contribution in [0.4, 0.5) is 8.78 Å². The van der Waals surface area contributed by atoms with E-state index in [1.165, 1.54) is 0 Å². The van der Waals surface area contributed by atoms with Crippen molar-refractivity contribution in [2.75, 3.05) is 13.1 Å². The molecule has 1 heterocycles. The highest BCUT2D eigenvalue weighted by Crippen LogP contribution is 2.36. The van der Waals surface area contributed by atoms with Crippen molar-refractivity contribution in [2.24, 2.45) is 5.92 Å². The molecule has 16 heavy (non-hydrogen) atoms. The van der Waals surface area contributed by atoms with Crippen molar-refractivity contribution in [1.82, 2.24) is 4.90 Å². The fraction of sp³-hybridized carbons (Fsp3) is 1.00. The fourth-order valence-corrected chi connectivity index (χ4v) is 3.16. The molecule has 94 valence electrons. The van der Waals surface area contributed by atoms with E-state index in [0.29, 0.717) is 18.9 Å². The number of likely N-dealkylation sites (tertiary alicyclic amines) is 1. The first-order valence-corrected chi connectivity index (χ1v) is 6.32. The van der Waals surface area contributed by atoms with Gasteiger partial charge < -0.3 is 5.11 Å². The summed E-state index contributed by atoms with van der Waals surface area (Å²) in [5.41, 5.74) is 0. The van der Waals surface area contributed by atoms with Gasteiger partial charge in [-0.15, -0.1) is 0 Å². The molecular formula is C12H21F2NO. The third-order valence-electron chi connectivity index (χ3n) is 4.12. The second-order valence-corrected chi connectivity index (χ2v) is 5.28. The van der Waals surface area contributed by atoms with E-state index in [2.05, 4.69) is 6.92 Å². The summed E-state index contributed by atoms with van der Waals surface area (Å²) in [6.07, 6.45) is 3.20. The number of rotatable bonds is 2. The van der Waals surface area contributed by atoms with Gasteiger partial charge in [-0.1, -0.05) is 13.3 Å². The Morgan fingerprint density at radius 1 is 1.38 bits per heavy atom. The van der Waals surface area contributed by atoms with Crippen molar-refractivity contribution in [1.29, 1.82) is 0 Å². The van der Waals surface area contributed by atoms with E-state index in [0.717, 1.165) is 19.3 Å². The van der Waals surface area contributed by atoms with E-state index < -0.39 is 5.92 Å². The standard InChI is InChI=1S/C12H21F2NO/c1-2-9-3-4-10(16)7-11(9)15-6-5-12(13,14)8-15/h9-11,16H,2-8H2,1H3. The molecule has 0 spiro atoms. The smallest absolute Gasteiger partial charge is 0.261 e. The zero-order chi connectivity index (χ0) is 11.8. The van der Waals surface area contributed by atoms with Crippen molar-refractivity contribution in [3.8, 4) is 0 Å². The first kappa shape index (κ1) is 12.2. The van der Waals surface area contributed by atoms with Crippen LogP contribution in [0.1, 0.15) is 39.0 Å². The molecule has 2 rings (SSSR count). The molecular weight excluding hydrogens is 212 g/mol. The zero-order valence-electron chi connectivity index (χ0n) is 9.83. The van der Waals surface area contributed by atoms with Crippen LogP contribution in [-0.2, 0) is 0 Å². The Morgan fingerprint density at radius 2 is 2.12 bits per heavy atom. The number of hydrogen-bond acceptors (Lipinski definition) is 2. The van der Waals surface area contributed by atoms with E-state index in [9.17, 15) is 13.9 Å². The van der Waals surface area contributed by atoms with Crippen LogP contribution in [0.3, 0.4) is 0 Å². The summed E-state index contributed by atoms with van der Waals surface area (Å²) in [5, 5.41) is 9.67. The molecule has 0 aromatic heterocycles. The van der Waals surface area contributed by atoms with Gasteiger partial charge >= 0.3 is 0 Å². The topological polar surface area (TPSA) is 23.5 Å². The van der Waals surface area contributed by atoms with Crippen molar-refractivity contribution in [3.05, 3.63) is 0 Å². The fourth-order valence-electron chi connectivity index (χ4n) is 3.16.